The fourth-order valence-corrected chi connectivity index (χ4v) is 4.52. The molecule has 2 aromatic carbocycles. The van der Waals surface area contributed by atoms with Gasteiger partial charge in [-0.25, -0.2) is 13.9 Å². The quantitative estimate of drug-likeness (QED) is 0.302. The predicted molar refractivity (Wildman–Crippen MR) is 135 cm³/mol. The molecular weight excluding hydrogens is 499 g/mol. The molecule has 2 N–H and O–H groups in total. The van der Waals surface area contributed by atoms with Gasteiger partial charge in [0.2, 0.25) is 0 Å². The van der Waals surface area contributed by atoms with Crippen molar-refractivity contribution in [3.63, 3.8) is 0 Å². The van der Waals surface area contributed by atoms with Gasteiger partial charge in [-0.2, -0.15) is 5.10 Å². The zero-order chi connectivity index (χ0) is 26.2. The van der Waals surface area contributed by atoms with Gasteiger partial charge in [0.25, 0.3) is 0 Å². The van der Waals surface area contributed by atoms with Crippen LogP contribution < -0.4 is 5.32 Å². The molecule has 188 valence electrons. The first kappa shape index (κ1) is 24.5. The van der Waals surface area contributed by atoms with Gasteiger partial charge in [-0.3, -0.25) is 15.1 Å². The molecule has 8 nitrogen and oxygen atoms in total. The van der Waals surface area contributed by atoms with Crippen molar-refractivity contribution in [2.24, 2.45) is 0 Å². The van der Waals surface area contributed by atoms with E-state index >= 15 is 0 Å². The van der Waals surface area contributed by atoms with Crippen molar-refractivity contribution in [2.75, 3.05) is 5.32 Å². The number of pyridine rings is 1. The Bertz CT molecular complexity index is 1480. The third-order valence-corrected chi connectivity index (χ3v) is 6.78. The molecule has 0 aliphatic heterocycles. The fraction of sp³-hybridized carbons (Fsp3) is 0.185. The van der Waals surface area contributed by atoms with E-state index in [-0.39, 0.29) is 5.56 Å². The first-order chi connectivity index (χ1) is 17.8. The fourth-order valence-electron chi connectivity index (χ4n) is 4.23. The molecule has 0 bridgehead atoms. The van der Waals surface area contributed by atoms with Gasteiger partial charge in [0.05, 0.1) is 29.2 Å². The van der Waals surface area contributed by atoms with Crippen LogP contribution in [0, 0.1) is 5.82 Å². The maximum atomic E-state index is 14.8. The van der Waals surface area contributed by atoms with Crippen LogP contribution in [0.1, 0.15) is 37.0 Å². The van der Waals surface area contributed by atoms with Crippen LogP contribution in [0.15, 0.2) is 73.1 Å². The Morgan fingerprint density at radius 2 is 1.95 bits per heavy atom. The van der Waals surface area contributed by atoms with Gasteiger partial charge in [0.15, 0.2) is 0 Å². The van der Waals surface area contributed by atoms with Crippen molar-refractivity contribution in [1.29, 1.82) is 0 Å². The average Bonchev–Trinajstić information content (AvgIpc) is 3.57. The van der Waals surface area contributed by atoms with Crippen molar-refractivity contribution < 1.29 is 23.8 Å². The summed E-state index contributed by atoms with van der Waals surface area (Å²) >= 11 is 6.18. The second-order valence-electron chi connectivity index (χ2n) is 8.81. The van der Waals surface area contributed by atoms with Gasteiger partial charge < -0.3 is 9.84 Å². The summed E-state index contributed by atoms with van der Waals surface area (Å²) in [6.45, 7) is 1.72. The number of anilines is 1. The molecule has 1 unspecified atom stereocenters. The molecule has 1 fully saturated rings. The smallest absolute Gasteiger partial charge is 0.413 e. The number of carbonyl (C=O) groups excluding carboxylic acids is 1. The van der Waals surface area contributed by atoms with Crippen LogP contribution in [-0.2, 0) is 14.9 Å². The summed E-state index contributed by atoms with van der Waals surface area (Å²) in [6, 6.07) is 16.6. The van der Waals surface area contributed by atoms with Crippen molar-refractivity contribution in [3.05, 3.63) is 95.0 Å². The molecule has 1 aliphatic carbocycles. The number of nitrogens with zero attached hydrogens (tertiary/aromatic N) is 3. The van der Waals surface area contributed by atoms with Crippen LogP contribution in [0.2, 0.25) is 5.02 Å². The predicted octanol–water partition coefficient (Wildman–Crippen LogP) is 6.15. The summed E-state index contributed by atoms with van der Waals surface area (Å²) in [6.07, 6.45) is 2.67. The van der Waals surface area contributed by atoms with E-state index in [0.717, 1.165) is 0 Å². The molecule has 0 spiro atoms. The highest BCUT2D eigenvalue weighted by atomic mass is 35.5. The maximum absolute atomic E-state index is 14.8. The standard InChI is InChI=1S/C27H22ClFN4O4/c1-16(19-4-2-3-5-21(19)28)37-26(36)32-24-10-13-31-33(24)18-7-9-23(30-15-18)17-6-8-20(22(29)14-17)27(11-12-27)25(34)35/h2-10,13-16H,11-12H2,1H3,(H,32,36)(H,34,35). The SMILES string of the molecule is CC(OC(=O)Nc1ccnn1-c1ccc(-c2ccc(C3(C(=O)O)CC3)c(F)c2)nc1)c1ccccc1Cl. The first-order valence-corrected chi connectivity index (χ1v) is 11.9. The number of hydrogen-bond donors (Lipinski definition) is 2. The number of aliphatic carboxylic acids is 1. The second-order valence-corrected chi connectivity index (χ2v) is 9.21. The molecule has 5 rings (SSSR count). The van der Waals surface area contributed by atoms with E-state index in [1.165, 1.54) is 29.2 Å². The largest absolute Gasteiger partial charge is 0.481 e. The molecule has 37 heavy (non-hydrogen) atoms. The summed E-state index contributed by atoms with van der Waals surface area (Å²) in [5, 5.41) is 16.9. The maximum Gasteiger partial charge on any atom is 0.413 e. The molecule has 1 amide bonds. The van der Waals surface area contributed by atoms with Crippen molar-refractivity contribution >= 4 is 29.5 Å². The van der Waals surface area contributed by atoms with E-state index in [2.05, 4.69) is 15.4 Å². The summed E-state index contributed by atoms with van der Waals surface area (Å²) in [5.41, 5.74) is 1.35. The Morgan fingerprint density at radius 3 is 2.59 bits per heavy atom. The Hall–Kier alpha value is -4.24. The monoisotopic (exact) mass is 520 g/mol. The van der Waals surface area contributed by atoms with Gasteiger partial charge in [-0.1, -0.05) is 41.9 Å². The van der Waals surface area contributed by atoms with Crippen LogP contribution in [0.3, 0.4) is 0 Å². The van der Waals surface area contributed by atoms with E-state index in [4.69, 9.17) is 16.3 Å². The van der Waals surface area contributed by atoms with Crippen molar-refractivity contribution in [2.45, 2.75) is 31.3 Å². The summed E-state index contributed by atoms with van der Waals surface area (Å²) in [4.78, 5) is 28.4. The molecule has 1 saturated carbocycles. The van der Waals surface area contributed by atoms with Gasteiger partial charge >= 0.3 is 12.1 Å². The molecular formula is C27H22ClFN4O4. The van der Waals surface area contributed by atoms with Gasteiger partial charge in [-0.15, -0.1) is 0 Å². The molecule has 4 aromatic rings. The Balaban J connectivity index is 1.29. The number of rotatable bonds is 7. The number of ether oxygens (including phenoxy) is 1. The zero-order valence-electron chi connectivity index (χ0n) is 19.7. The highest BCUT2D eigenvalue weighted by molar-refractivity contribution is 6.31. The van der Waals surface area contributed by atoms with Crippen molar-refractivity contribution in [1.82, 2.24) is 14.8 Å². The van der Waals surface area contributed by atoms with Crippen LogP contribution in [-0.4, -0.2) is 31.9 Å². The van der Waals surface area contributed by atoms with Crippen LogP contribution in [0.25, 0.3) is 16.9 Å². The zero-order valence-corrected chi connectivity index (χ0v) is 20.4. The number of aromatic nitrogens is 3. The van der Waals surface area contributed by atoms with E-state index in [0.29, 0.717) is 46.2 Å². The molecule has 2 heterocycles. The number of halogens is 2. The Kier molecular flexibility index (Phi) is 6.39. The van der Waals surface area contributed by atoms with Gasteiger partial charge in [0, 0.05) is 27.8 Å². The molecule has 10 heteroatoms. The number of amides is 1. The molecule has 0 radical (unpaired) electrons. The number of hydrogen-bond acceptors (Lipinski definition) is 5. The van der Waals surface area contributed by atoms with Crippen LogP contribution in [0.5, 0.6) is 0 Å². The normalized spacial score (nSPS) is 14.6. The van der Waals surface area contributed by atoms with Crippen LogP contribution in [0.4, 0.5) is 15.0 Å². The van der Waals surface area contributed by atoms with Crippen LogP contribution >= 0.6 is 11.6 Å². The van der Waals surface area contributed by atoms with Gasteiger partial charge in [0.1, 0.15) is 17.7 Å². The van der Waals surface area contributed by atoms with E-state index < -0.39 is 29.4 Å². The lowest BCUT2D eigenvalue weighted by atomic mass is 9.94. The highest BCUT2D eigenvalue weighted by Gasteiger charge is 2.53. The topological polar surface area (TPSA) is 106 Å². The summed E-state index contributed by atoms with van der Waals surface area (Å²) in [7, 11) is 0. The number of carboxylic acids is 1. The number of benzene rings is 2. The molecule has 0 saturated heterocycles. The highest BCUT2D eigenvalue weighted by Crippen LogP contribution is 2.49. The molecule has 2 aromatic heterocycles. The van der Waals surface area contributed by atoms with E-state index in [1.807, 2.05) is 6.07 Å². The lowest BCUT2D eigenvalue weighted by Gasteiger charge is -2.16. The second kappa shape index (κ2) is 9.67. The Morgan fingerprint density at radius 1 is 1.16 bits per heavy atom. The van der Waals surface area contributed by atoms with Crippen molar-refractivity contribution in [3.8, 4) is 16.9 Å². The minimum atomic E-state index is -1.12. The minimum absolute atomic E-state index is 0.198. The molecule has 1 aliphatic rings. The molecule has 1 atom stereocenters. The first-order valence-electron chi connectivity index (χ1n) is 11.5. The minimum Gasteiger partial charge on any atom is -0.481 e. The lowest BCUT2D eigenvalue weighted by Crippen LogP contribution is -2.20. The third kappa shape index (κ3) is 4.77. The third-order valence-electron chi connectivity index (χ3n) is 6.43. The van der Waals surface area contributed by atoms with E-state index in [9.17, 15) is 19.1 Å². The van der Waals surface area contributed by atoms with E-state index in [1.54, 1.807) is 49.4 Å². The van der Waals surface area contributed by atoms with Gasteiger partial charge in [-0.05, 0) is 44.0 Å². The lowest BCUT2D eigenvalue weighted by molar-refractivity contribution is -0.140. The Labute approximate surface area is 216 Å². The summed E-state index contributed by atoms with van der Waals surface area (Å²) in [5.74, 6) is -1.21. The number of nitrogens with one attached hydrogen (secondary N) is 1. The number of carboxylic acid groups (broad SMARTS) is 1. The summed E-state index contributed by atoms with van der Waals surface area (Å²) < 4.78 is 21.7. The number of carbonyl (C=O) groups is 2. The average molecular weight is 521 g/mol.